The van der Waals surface area contributed by atoms with Gasteiger partial charge in [-0.05, 0) is 31.5 Å². The molecule has 0 amide bonds. The van der Waals surface area contributed by atoms with Crippen LogP contribution in [0.1, 0.15) is 19.3 Å². The van der Waals surface area contributed by atoms with E-state index in [1.54, 1.807) is 18.2 Å². The fraction of sp³-hybridized carbons (Fsp3) is 0.357. The van der Waals surface area contributed by atoms with Crippen LogP contribution in [0.5, 0.6) is 11.5 Å². The van der Waals surface area contributed by atoms with Gasteiger partial charge in [0.15, 0.2) is 11.5 Å². The summed E-state index contributed by atoms with van der Waals surface area (Å²) in [6.45, 7) is 1.85. The number of esters is 1. The molecule has 1 aliphatic rings. The highest BCUT2D eigenvalue weighted by atomic mass is 16.5. The summed E-state index contributed by atoms with van der Waals surface area (Å²) in [5.41, 5.74) is 1.29. The molecule has 0 unspecified atom stereocenters. The van der Waals surface area contributed by atoms with Gasteiger partial charge in [0.1, 0.15) is 0 Å². The van der Waals surface area contributed by atoms with Crippen LogP contribution < -0.4 is 10.1 Å². The van der Waals surface area contributed by atoms with Gasteiger partial charge in [-0.2, -0.15) is 0 Å². The lowest BCUT2D eigenvalue weighted by Crippen LogP contribution is -2.21. The maximum Gasteiger partial charge on any atom is 0.311 e. The molecule has 1 aromatic carbocycles. The number of hydrogen-bond donors (Lipinski definition) is 2. The molecule has 2 rings (SSSR count). The molecule has 1 aliphatic heterocycles. The highest BCUT2D eigenvalue weighted by Gasteiger charge is 2.10. The molecule has 0 atom stereocenters. The van der Waals surface area contributed by atoms with Crippen molar-refractivity contribution >= 4 is 5.97 Å². The Morgan fingerprint density at radius 2 is 2.22 bits per heavy atom. The van der Waals surface area contributed by atoms with Crippen molar-refractivity contribution < 1.29 is 14.6 Å². The third-order valence-corrected chi connectivity index (χ3v) is 2.90. The van der Waals surface area contributed by atoms with Crippen LogP contribution in [0, 0.1) is 0 Å². The van der Waals surface area contributed by atoms with Gasteiger partial charge in [-0.3, -0.25) is 4.79 Å². The van der Waals surface area contributed by atoms with Crippen LogP contribution in [-0.2, 0) is 4.79 Å². The SMILES string of the molecule is O=C(CCC1=CCNCC1)Oc1ccccc1O. The van der Waals surface area contributed by atoms with Gasteiger partial charge >= 0.3 is 5.97 Å². The molecule has 0 aliphatic carbocycles. The predicted octanol–water partition coefficient (Wildman–Crippen LogP) is 2.00. The Morgan fingerprint density at radius 1 is 1.39 bits per heavy atom. The Bertz CT molecular complexity index is 454. The van der Waals surface area contributed by atoms with E-state index >= 15 is 0 Å². The number of benzene rings is 1. The van der Waals surface area contributed by atoms with Crippen molar-refractivity contribution in [3.05, 3.63) is 35.9 Å². The maximum absolute atomic E-state index is 11.6. The second kappa shape index (κ2) is 6.21. The fourth-order valence-electron chi connectivity index (χ4n) is 1.88. The molecule has 0 bridgehead atoms. The first-order chi connectivity index (χ1) is 8.75. The van der Waals surface area contributed by atoms with Crippen molar-refractivity contribution in [3.63, 3.8) is 0 Å². The molecule has 18 heavy (non-hydrogen) atoms. The van der Waals surface area contributed by atoms with Gasteiger partial charge < -0.3 is 15.2 Å². The molecule has 4 heteroatoms. The lowest BCUT2D eigenvalue weighted by Gasteiger charge is -2.13. The van der Waals surface area contributed by atoms with E-state index in [9.17, 15) is 9.90 Å². The molecular formula is C14H17NO3. The Hall–Kier alpha value is -1.81. The number of aromatic hydroxyl groups is 1. The average Bonchev–Trinajstić information content (AvgIpc) is 2.40. The van der Waals surface area contributed by atoms with E-state index in [0.29, 0.717) is 6.42 Å². The monoisotopic (exact) mass is 247 g/mol. The first-order valence-electron chi connectivity index (χ1n) is 6.13. The standard InChI is InChI=1S/C14H17NO3/c16-12-3-1-2-4-13(12)18-14(17)6-5-11-7-9-15-10-8-11/h1-4,7,15-16H,5-6,8-10H2. The highest BCUT2D eigenvalue weighted by Crippen LogP contribution is 2.25. The zero-order chi connectivity index (χ0) is 12.8. The minimum Gasteiger partial charge on any atom is -0.504 e. The number of ether oxygens (including phenoxy) is 1. The van der Waals surface area contributed by atoms with Crippen molar-refractivity contribution in [2.24, 2.45) is 0 Å². The van der Waals surface area contributed by atoms with Crippen molar-refractivity contribution in [3.8, 4) is 11.5 Å². The summed E-state index contributed by atoms with van der Waals surface area (Å²) in [5, 5.41) is 12.7. The molecule has 0 saturated carbocycles. The minimum atomic E-state index is -0.309. The number of phenols is 1. The first kappa shape index (κ1) is 12.6. The topological polar surface area (TPSA) is 58.6 Å². The smallest absolute Gasteiger partial charge is 0.311 e. The molecule has 0 saturated heterocycles. The van der Waals surface area contributed by atoms with E-state index in [-0.39, 0.29) is 17.5 Å². The number of phenolic OH excluding ortho intramolecular Hbond substituents is 1. The van der Waals surface area contributed by atoms with Crippen LogP contribution in [-0.4, -0.2) is 24.2 Å². The van der Waals surface area contributed by atoms with E-state index in [0.717, 1.165) is 25.9 Å². The van der Waals surface area contributed by atoms with Gasteiger partial charge in [-0.15, -0.1) is 0 Å². The average molecular weight is 247 g/mol. The fourth-order valence-corrected chi connectivity index (χ4v) is 1.88. The summed E-state index contributed by atoms with van der Waals surface area (Å²) >= 11 is 0. The van der Waals surface area contributed by atoms with Gasteiger partial charge in [-0.1, -0.05) is 23.8 Å². The Kier molecular flexibility index (Phi) is 4.36. The van der Waals surface area contributed by atoms with Crippen LogP contribution >= 0.6 is 0 Å². The summed E-state index contributed by atoms with van der Waals surface area (Å²) in [7, 11) is 0. The molecule has 1 aromatic rings. The third-order valence-electron chi connectivity index (χ3n) is 2.90. The Balaban J connectivity index is 1.82. The van der Waals surface area contributed by atoms with Crippen LogP contribution in [0.4, 0.5) is 0 Å². The summed E-state index contributed by atoms with van der Waals surface area (Å²) < 4.78 is 5.10. The molecule has 1 heterocycles. The number of hydrogen-bond acceptors (Lipinski definition) is 4. The van der Waals surface area contributed by atoms with E-state index in [4.69, 9.17) is 4.74 Å². The zero-order valence-corrected chi connectivity index (χ0v) is 10.2. The molecule has 0 radical (unpaired) electrons. The predicted molar refractivity (Wildman–Crippen MR) is 68.5 cm³/mol. The normalized spacial score (nSPS) is 15.0. The number of para-hydroxylation sites is 2. The van der Waals surface area contributed by atoms with Gasteiger partial charge in [0.05, 0.1) is 0 Å². The van der Waals surface area contributed by atoms with Crippen molar-refractivity contribution in [1.29, 1.82) is 0 Å². The molecule has 4 nitrogen and oxygen atoms in total. The van der Waals surface area contributed by atoms with Crippen LogP contribution in [0.3, 0.4) is 0 Å². The number of nitrogens with one attached hydrogen (secondary N) is 1. The molecule has 0 fully saturated rings. The maximum atomic E-state index is 11.6. The number of rotatable bonds is 4. The van der Waals surface area contributed by atoms with Gasteiger partial charge in [0, 0.05) is 13.0 Å². The largest absolute Gasteiger partial charge is 0.504 e. The second-order valence-electron chi connectivity index (χ2n) is 4.26. The van der Waals surface area contributed by atoms with Crippen molar-refractivity contribution in [2.75, 3.05) is 13.1 Å². The molecule has 0 spiro atoms. The van der Waals surface area contributed by atoms with Crippen molar-refractivity contribution in [2.45, 2.75) is 19.3 Å². The molecule has 2 N–H and O–H groups in total. The lowest BCUT2D eigenvalue weighted by atomic mass is 10.0. The summed E-state index contributed by atoms with van der Waals surface area (Å²) in [6.07, 6.45) is 4.19. The van der Waals surface area contributed by atoms with E-state index in [1.807, 2.05) is 0 Å². The van der Waals surface area contributed by atoms with Crippen LogP contribution in [0.2, 0.25) is 0 Å². The molecule has 0 aromatic heterocycles. The van der Waals surface area contributed by atoms with E-state index < -0.39 is 0 Å². The first-order valence-corrected chi connectivity index (χ1v) is 6.13. The van der Waals surface area contributed by atoms with Crippen LogP contribution in [0.15, 0.2) is 35.9 Å². The number of carbonyl (C=O) groups is 1. The molecular weight excluding hydrogens is 230 g/mol. The lowest BCUT2D eigenvalue weighted by molar-refractivity contribution is -0.134. The molecule has 96 valence electrons. The van der Waals surface area contributed by atoms with E-state index in [2.05, 4.69) is 11.4 Å². The third kappa shape index (κ3) is 3.60. The second-order valence-corrected chi connectivity index (χ2v) is 4.26. The van der Waals surface area contributed by atoms with Gasteiger partial charge in [-0.25, -0.2) is 0 Å². The van der Waals surface area contributed by atoms with Gasteiger partial charge in [0.25, 0.3) is 0 Å². The quantitative estimate of drug-likeness (QED) is 0.485. The Morgan fingerprint density at radius 3 is 2.94 bits per heavy atom. The summed E-state index contributed by atoms with van der Waals surface area (Å²) in [6, 6.07) is 6.49. The van der Waals surface area contributed by atoms with E-state index in [1.165, 1.54) is 11.6 Å². The van der Waals surface area contributed by atoms with Crippen LogP contribution in [0.25, 0.3) is 0 Å². The zero-order valence-electron chi connectivity index (χ0n) is 10.2. The summed E-state index contributed by atoms with van der Waals surface area (Å²) in [4.78, 5) is 11.6. The number of carbonyl (C=O) groups excluding carboxylic acids is 1. The summed E-state index contributed by atoms with van der Waals surface area (Å²) in [5.74, 6) is -0.0929. The highest BCUT2D eigenvalue weighted by molar-refractivity contribution is 5.73. The van der Waals surface area contributed by atoms with Crippen molar-refractivity contribution in [1.82, 2.24) is 5.32 Å². The minimum absolute atomic E-state index is 0.00747. The van der Waals surface area contributed by atoms with Gasteiger partial charge in [0.2, 0.25) is 0 Å². The Labute approximate surface area is 106 Å².